The molecule has 0 aromatic rings. The Hall–Kier alpha value is -0.650. The monoisotopic (exact) mass is 228 g/mol. The molecule has 1 amide bonds. The largest absolute Gasteiger partial charge is 0.376 e. The van der Waals surface area contributed by atoms with E-state index in [-0.39, 0.29) is 18.6 Å². The molecule has 0 spiro atoms. The average molecular weight is 228 g/mol. The summed E-state index contributed by atoms with van der Waals surface area (Å²) in [6.07, 6.45) is 4.22. The van der Waals surface area contributed by atoms with Crippen LogP contribution in [0.15, 0.2) is 0 Å². The van der Waals surface area contributed by atoms with Crippen LogP contribution in [0.2, 0.25) is 0 Å². The highest BCUT2D eigenvalue weighted by atomic mass is 16.5. The molecule has 2 rings (SSSR count). The van der Waals surface area contributed by atoms with Crippen LogP contribution >= 0.6 is 0 Å². The lowest BCUT2D eigenvalue weighted by molar-refractivity contribution is -0.127. The predicted octanol–water partition coefficient (Wildman–Crippen LogP) is -0.225. The van der Waals surface area contributed by atoms with Crippen molar-refractivity contribution in [2.24, 2.45) is 17.4 Å². The molecule has 2 atom stereocenters. The van der Waals surface area contributed by atoms with E-state index in [1.54, 1.807) is 0 Å². The van der Waals surface area contributed by atoms with Gasteiger partial charge in [0.25, 0.3) is 0 Å². The molecule has 0 aromatic heterocycles. The van der Waals surface area contributed by atoms with Gasteiger partial charge in [0.15, 0.2) is 0 Å². The van der Waals surface area contributed by atoms with Gasteiger partial charge in [-0.1, -0.05) is 0 Å². The van der Waals surface area contributed by atoms with Crippen LogP contribution in [0.5, 0.6) is 0 Å². The van der Waals surface area contributed by atoms with Crippen LogP contribution in [-0.4, -0.2) is 37.4 Å². The number of carbonyl (C=O) groups excluding carboxylic acids is 1. The summed E-state index contributed by atoms with van der Waals surface area (Å²) in [5.41, 5.74) is 10.3. The Labute approximate surface area is 95.4 Å². The molecule has 5 heteroatoms. The quantitative estimate of drug-likeness (QED) is 0.657. The molecular weight excluding hydrogens is 208 g/mol. The Morgan fingerprint density at radius 1 is 1.44 bits per heavy atom. The smallest absolute Gasteiger partial charge is 0.240 e. The standard InChI is InChI=1S/C11H20N2O3/c12-10(14)11(13,8-3-4-8)7-15-6-9-2-1-5-16-9/h8-9H,1-7,13H2,(H2,12,14). The Balaban J connectivity index is 1.75. The molecule has 5 nitrogen and oxygen atoms in total. The third kappa shape index (κ3) is 2.53. The first-order valence-electron chi connectivity index (χ1n) is 5.91. The maximum atomic E-state index is 11.3. The third-order valence-electron chi connectivity index (χ3n) is 3.43. The number of hydrogen-bond acceptors (Lipinski definition) is 4. The van der Waals surface area contributed by atoms with Crippen LogP contribution < -0.4 is 11.5 Å². The number of nitrogens with two attached hydrogens (primary N) is 2. The lowest BCUT2D eigenvalue weighted by Crippen LogP contribution is -2.57. The predicted molar refractivity (Wildman–Crippen MR) is 58.6 cm³/mol. The number of amides is 1. The van der Waals surface area contributed by atoms with Gasteiger partial charge in [0.1, 0.15) is 5.54 Å². The van der Waals surface area contributed by atoms with Crippen molar-refractivity contribution >= 4 is 5.91 Å². The first kappa shape index (κ1) is 11.8. The average Bonchev–Trinajstić information content (AvgIpc) is 2.98. The zero-order chi connectivity index (χ0) is 11.6. The zero-order valence-electron chi connectivity index (χ0n) is 9.48. The molecule has 1 heterocycles. The summed E-state index contributed by atoms with van der Waals surface area (Å²) in [5, 5.41) is 0. The van der Waals surface area contributed by atoms with Crippen molar-refractivity contribution in [3.8, 4) is 0 Å². The van der Waals surface area contributed by atoms with Crippen molar-refractivity contribution in [2.75, 3.05) is 19.8 Å². The molecule has 2 aliphatic rings. The molecule has 0 aromatic carbocycles. The molecule has 1 aliphatic heterocycles. The molecule has 1 saturated heterocycles. The Morgan fingerprint density at radius 3 is 2.69 bits per heavy atom. The van der Waals surface area contributed by atoms with Crippen LogP contribution in [0.25, 0.3) is 0 Å². The number of primary amides is 1. The molecule has 0 radical (unpaired) electrons. The van der Waals surface area contributed by atoms with E-state index in [2.05, 4.69) is 0 Å². The van der Waals surface area contributed by atoms with Gasteiger partial charge in [0.2, 0.25) is 5.91 Å². The molecule has 2 unspecified atom stereocenters. The van der Waals surface area contributed by atoms with Gasteiger partial charge in [-0.25, -0.2) is 0 Å². The molecule has 2 fully saturated rings. The van der Waals surface area contributed by atoms with Gasteiger partial charge in [0.05, 0.1) is 19.3 Å². The highest BCUT2D eigenvalue weighted by Gasteiger charge is 2.47. The maximum Gasteiger partial charge on any atom is 0.240 e. The minimum absolute atomic E-state index is 0.163. The zero-order valence-corrected chi connectivity index (χ0v) is 9.48. The number of hydrogen-bond donors (Lipinski definition) is 2. The normalized spacial score (nSPS) is 28.9. The fourth-order valence-corrected chi connectivity index (χ4v) is 2.12. The first-order valence-corrected chi connectivity index (χ1v) is 5.91. The van der Waals surface area contributed by atoms with Gasteiger partial charge >= 0.3 is 0 Å². The number of rotatable bonds is 6. The minimum Gasteiger partial charge on any atom is -0.376 e. The van der Waals surface area contributed by atoms with E-state index >= 15 is 0 Å². The third-order valence-corrected chi connectivity index (χ3v) is 3.43. The molecular formula is C11H20N2O3. The summed E-state index contributed by atoms with van der Waals surface area (Å²) in [7, 11) is 0. The van der Waals surface area contributed by atoms with Crippen molar-refractivity contribution in [3.05, 3.63) is 0 Å². The van der Waals surface area contributed by atoms with E-state index in [4.69, 9.17) is 20.9 Å². The molecule has 1 saturated carbocycles. The lowest BCUT2D eigenvalue weighted by atomic mass is 9.95. The Morgan fingerprint density at radius 2 is 2.19 bits per heavy atom. The SMILES string of the molecule is NC(=O)C(N)(COCC1CCCO1)C1CC1. The van der Waals surface area contributed by atoms with Crippen molar-refractivity contribution < 1.29 is 14.3 Å². The van der Waals surface area contributed by atoms with E-state index in [1.165, 1.54) is 0 Å². The van der Waals surface area contributed by atoms with Gasteiger partial charge < -0.3 is 20.9 Å². The van der Waals surface area contributed by atoms with Crippen molar-refractivity contribution in [2.45, 2.75) is 37.3 Å². The van der Waals surface area contributed by atoms with E-state index in [0.717, 1.165) is 32.3 Å². The molecule has 1 aliphatic carbocycles. The first-order chi connectivity index (χ1) is 7.63. The van der Waals surface area contributed by atoms with Gasteiger partial charge in [-0.05, 0) is 31.6 Å². The molecule has 4 N–H and O–H groups in total. The van der Waals surface area contributed by atoms with Crippen LogP contribution in [0, 0.1) is 5.92 Å². The van der Waals surface area contributed by atoms with Gasteiger partial charge in [-0.2, -0.15) is 0 Å². The van der Waals surface area contributed by atoms with E-state index < -0.39 is 11.4 Å². The van der Waals surface area contributed by atoms with E-state index in [1.807, 2.05) is 0 Å². The van der Waals surface area contributed by atoms with Crippen LogP contribution in [0.1, 0.15) is 25.7 Å². The number of ether oxygens (including phenoxy) is 2. The molecule has 16 heavy (non-hydrogen) atoms. The van der Waals surface area contributed by atoms with Crippen molar-refractivity contribution in [1.29, 1.82) is 0 Å². The summed E-state index contributed by atoms with van der Waals surface area (Å²) < 4.78 is 10.9. The second-order valence-corrected chi connectivity index (χ2v) is 4.83. The minimum atomic E-state index is -0.974. The second kappa shape index (κ2) is 4.69. The molecule has 0 bridgehead atoms. The highest BCUT2D eigenvalue weighted by Crippen LogP contribution is 2.38. The fraction of sp³-hybridized carbons (Fsp3) is 0.909. The van der Waals surface area contributed by atoms with Gasteiger partial charge in [0, 0.05) is 6.61 Å². The summed E-state index contributed by atoms with van der Waals surface area (Å²) >= 11 is 0. The summed E-state index contributed by atoms with van der Waals surface area (Å²) in [6.45, 7) is 1.53. The molecule has 92 valence electrons. The highest BCUT2D eigenvalue weighted by molar-refractivity contribution is 5.85. The summed E-state index contributed by atoms with van der Waals surface area (Å²) in [6, 6.07) is 0. The Bertz CT molecular complexity index is 262. The lowest BCUT2D eigenvalue weighted by Gasteiger charge is -2.26. The van der Waals surface area contributed by atoms with Crippen LogP contribution in [-0.2, 0) is 14.3 Å². The summed E-state index contributed by atoms with van der Waals surface area (Å²) in [5.74, 6) is -0.253. The van der Waals surface area contributed by atoms with Gasteiger partial charge in [-0.3, -0.25) is 4.79 Å². The number of carbonyl (C=O) groups is 1. The van der Waals surface area contributed by atoms with Crippen molar-refractivity contribution in [3.63, 3.8) is 0 Å². The maximum absolute atomic E-state index is 11.3. The second-order valence-electron chi connectivity index (χ2n) is 4.83. The van der Waals surface area contributed by atoms with Crippen molar-refractivity contribution in [1.82, 2.24) is 0 Å². The van der Waals surface area contributed by atoms with Crippen LogP contribution in [0.4, 0.5) is 0 Å². The Kier molecular flexibility index (Phi) is 3.47. The van der Waals surface area contributed by atoms with E-state index in [9.17, 15) is 4.79 Å². The fourth-order valence-electron chi connectivity index (χ4n) is 2.12. The van der Waals surface area contributed by atoms with Crippen LogP contribution in [0.3, 0.4) is 0 Å². The van der Waals surface area contributed by atoms with Gasteiger partial charge in [-0.15, -0.1) is 0 Å². The summed E-state index contributed by atoms with van der Waals surface area (Å²) in [4.78, 5) is 11.3. The van der Waals surface area contributed by atoms with E-state index in [0.29, 0.717) is 6.61 Å². The topological polar surface area (TPSA) is 87.6 Å².